The Balaban J connectivity index is 1.27. The summed E-state index contributed by atoms with van der Waals surface area (Å²) in [4.78, 5) is 21.6. The number of benzene rings is 2. The molecule has 6 aromatic rings. The van der Waals surface area contributed by atoms with E-state index in [9.17, 15) is 4.79 Å². The number of carbonyl (C=O) groups is 1. The average Bonchev–Trinajstić information content (AvgIpc) is 3.70. The van der Waals surface area contributed by atoms with Crippen LogP contribution < -0.4 is 16.4 Å². The van der Waals surface area contributed by atoms with Gasteiger partial charge < -0.3 is 29.9 Å². The van der Waals surface area contributed by atoms with E-state index in [1.54, 1.807) is 12.1 Å². The Kier molecular flexibility index (Phi) is 7.39. The molecule has 0 aliphatic carbocycles. The topological polar surface area (TPSA) is 134 Å². The van der Waals surface area contributed by atoms with Gasteiger partial charge in [0, 0.05) is 37.3 Å². The molecular weight excluding hydrogens is 542 g/mol. The maximum absolute atomic E-state index is 11.9. The number of nitrogens with one attached hydrogen (secondary N) is 2. The fourth-order valence-corrected chi connectivity index (χ4v) is 5.70. The molecule has 0 fully saturated rings. The van der Waals surface area contributed by atoms with Crippen LogP contribution in [0.5, 0.6) is 0 Å². The van der Waals surface area contributed by atoms with Crippen molar-refractivity contribution in [2.75, 3.05) is 10.6 Å². The van der Waals surface area contributed by atoms with Gasteiger partial charge in [-0.15, -0.1) is 0 Å². The standard InChI is InChI=1S/C32H37N9O2/c1-6-41-28(16-20(3)38-41)37-32-36-26-18-23(30(33)42)12-13-27(26)39(32)14-7-8-15-40-29-19(2)10-9-11-24(29)34-31(40)35-25-17-21(4)43-22(25)5/h9-13,16-18H,6-8,14-15H2,1-5H3,(H2,33,42)(H,34,35)(H,36,37). The zero-order valence-corrected chi connectivity index (χ0v) is 25.2. The fraction of sp³-hybridized carbons (Fsp3) is 0.312. The highest BCUT2D eigenvalue weighted by molar-refractivity contribution is 5.96. The number of primary amides is 1. The van der Waals surface area contributed by atoms with Crippen molar-refractivity contribution in [3.05, 3.63) is 76.9 Å². The maximum Gasteiger partial charge on any atom is 0.248 e. The minimum absolute atomic E-state index is 0.434. The lowest BCUT2D eigenvalue weighted by Crippen LogP contribution is -2.10. The highest BCUT2D eigenvalue weighted by atomic mass is 16.3. The van der Waals surface area contributed by atoms with Gasteiger partial charge in [-0.3, -0.25) is 4.79 Å². The van der Waals surface area contributed by atoms with E-state index in [0.717, 1.165) is 83.7 Å². The summed E-state index contributed by atoms with van der Waals surface area (Å²) in [6.07, 6.45) is 1.79. The first-order valence-electron chi connectivity index (χ1n) is 14.6. The molecule has 0 aliphatic heterocycles. The van der Waals surface area contributed by atoms with Gasteiger partial charge in [-0.25, -0.2) is 14.6 Å². The molecule has 43 heavy (non-hydrogen) atoms. The monoisotopic (exact) mass is 579 g/mol. The van der Waals surface area contributed by atoms with Crippen LogP contribution in [0, 0.1) is 27.7 Å². The predicted molar refractivity (Wildman–Crippen MR) is 169 cm³/mol. The zero-order chi connectivity index (χ0) is 30.2. The summed E-state index contributed by atoms with van der Waals surface area (Å²) in [7, 11) is 0. The first-order valence-corrected chi connectivity index (χ1v) is 14.6. The van der Waals surface area contributed by atoms with E-state index in [4.69, 9.17) is 20.1 Å². The number of nitrogens with two attached hydrogens (primary N) is 1. The zero-order valence-electron chi connectivity index (χ0n) is 25.2. The number of hydrogen-bond donors (Lipinski definition) is 3. The molecule has 4 aromatic heterocycles. The predicted octanol–water partition coefficient (Wildman–Crippen LogP) is 6.50. The molecular formula is C32H37N9O2. The number of anilines is 4. The average molecular weight is 580 g/mol. The van der Waals surface area contributed by atoms with Crippen LogP contribution in [0.25, 0.3) is 22.1 Å². The fourth-order valence-electron chi connectivity index (χ4n) is 5.70. The molecule has 0 unspecified atom stereocenters. The largest absolute Gasteiger partial charge is 0.464 e. The summed E-state index contributed by atoms with van der Waals surface area (Å²) in [6, 6.07) is 15.6. The molecule has 6 rings (SSSR count). The third-order valence-electron chi connectivity index (χ3n) is 7.74. The van der Waals surface area contributed by atoms with Gasteiger partial charge in [0.15, 0.2) is 0 Å². The highest BCUT2D eigenvalue weighted by Gasteiger charge is 2.17. The number of para-hydroxylation sites is 1. The second kappa shape index (κ2) is 11.3. The van der Waals surface area contributed by atoms with Crippen LogP contribution in [-0.4, -0.2) is 34.8 Å². The Morgan fingerprint density at radius 3 is 2.37 bits per heavy atom. The van der Waals surface area contributed by atoms with E-state index in [2.05, 4.69) is 50.8 Å². The van der Waals surface area contributed by atoms with E-state index in [1.807, 2.05) is 49.7 Å². The van der Waals surface area contributed by atoms with Crippen molar-refractivity contribution in [3.63, 3.8) is 0 Å². The van der Waals surface area contributed by atoms with Crippen LogP contribution in [0.15, 0.2) is 52.9 Å². The quantitative estimate of drug-likeness (QED) is 0.149. The smallest absolute Gasteiger partial charge is 0.248 e. The van der Waals surface area contributed by atoms with Gasteiger partial charge in [0.1, 0.15) is 17.3 Å². The molecule has 222 valence electrons. The molecule has 1 amide bonds. The number of imidazole rings is 2. The van der Waals surface area contributed by atoms with Crippen LogP contribution in [-0.2, 0) is 19.6 Å². The first-order chi connectivity index (χ1) is 20.7. The minimum atomic E-state index is -0.473. The van der Waals surface area contributed by atoms with Gasteiger partial charge in [0.25, 0.3) is 0 Å². The number of rotatable bonds is 11. The van der Waals surface area contributed by atoms with Crippen LogP contribution in [0.1, 0.15) is 52.9 Å². The normalized spacial score (nSPS) is 11.6. The SMILES string of the molecule is CCn1nc(C)cc1Nc1nc2cc(C(N)=O)ccc2n1CCCCn1c(Nc2cc(C)oc2C)nc2cccc(C)c21. The molecule has 0 radical (unpaired) electrons. The number of furan rings is 1. The molecule has 0 saturated heterocycles. The molecule has 0 bridgehead atoms. The number of fused-ring (bicyclic) bond motifs is 2. The molecule has 11 heteroatoms. The maximum atomic E-state index is 11.9. The number of nitrogens with zero attached hydrogens (tertiary/aromatic N) is 6. The Hall–Kier alpha value is -5.06. The van der Waals surface area contributed by atoms with Crippen molar-refractivity contribution in [1.29, 1.82) is 0 Å². The Morgan fingerprint density at radius 1 is 0.907 bits per heavy atom. The van der Waals surface area contributed by atoms with Gasteiger partial charge in [0.2, 0.25) is 17.8 Å². The second-order valence-electron chi connectivity index (χ2n) is 11.0. The molecule has 0 spiro atoms. The minimum Gasteiger partial charge on any atom is -0.464 e. The highest BCUT2D eigenvalue weighted by Crippen LogP contribution is 2.29. The Bertz CT molecular complexity index is 1960. The molecule has 0 aliphatic rings. The lowest BCUT2D eigenvalue weighted by molar-refractivity contribution is 0.100. The van der Waals surface area contributed by atoms with Crippen molar-refractivity contribution in [2.24, 2.45) is 5.73 Å². The van der Waals surface area contributed by atoms with E-state index in [-0.39, 0.29) is 0 Å². The van der Waals surface area contributed by atoms with Crippen molar-refractivity contribution >= 4 is 51.4 Å². The third kappa shape index (κ3) is 5.45. The summed E-state index contributed by atoms with van der Waals surface area (Å²) in [6.45, 7) is 12.3. The number of unbranched alkanes of at least 4 members (excludes halogenated alkanes) is 1. The van der Waals surface area contributed by atoms with Crippen molar-refractivity contribution in [1.82, 2.24) is 28.9 Å². The number of carbonyl (C=O) groups excluding carboxylic acids is 1. The number of aromatic nitrogens is 6. The van der Waals surface area contributed by atoms with Gasteiger partial charge in [-0.05, 0) is 77.3 Å². The molecule has 11 nitrogen and oxygen atoms in total. The van der Waals surface area contributed by atoms with Crippen LogP contribution in [0.4, 0.5) is 23.4 Å². The number of amides is 1. The van der Waals surface area contributed by atoms with Crippen molar-refractivity contribution in [2.45, 2.75) is 67.1 Å². The third-order valence-corrected chi connectivity index (χ3v) is 7.74. The molecule has 2 aromatic carbocycles. The number of aryl methyl sites for hydroxylation is 7. The van der Waals surface area contributed by atoms with E-state index < -0.39 is 5.91 Å². The summed E-state index contributed by atoms with van der Waals surface area (Å²) in [5.74, 6) is 3.58. The molecule has 4 N–H and O–H groups in total. The van der Waals surface area contributed by atoms with Gasteiger partial charge in [-0.2, -0.15) is 5.10 Å². The molecule has 4 heterocycles. The summed E-state index contributed by atoms with van der Waals surface area (Å²) in [5.41, 5.74) is 12.8. The van der Waals surface area contributed by atoms with Crippen LogP contribution in [0.3, 0.4) is 0 Å². The van der Waals surface area contributed by atoms with Crippen molar-refractivity contribution < 1.29 is 9.21 Å². The van der Waals surface area contributed by atoms with Crippen LogP contribution in [0.2, 0.25) is 0 Å². The second-order valence-corrected chi connectivity index (χ2v) is 11.0. The first kappa shape index (κ1) is 28.1. The Labute approximate surface area is 249 Å². The van der Waals surface area contributed by atoms with E-state index in [0.29, 0.717) is 17.0 Å². The summed E-state index contributed by atoms with van der Waals surface area (Å²) in [5, 5.41) is 11.6. The summed E-state index contributed by atoms with van der Waals surface area (Å²) >= 11 is 0. The Morgan fingerprint density at radius 2 is 1.65 bits per heavy atom. The van der Waals surface area contributed by atoms with E-state index in [1.165, 1.54) is 5.56 Å². The van der Waals surface area contributed by atoms with Crippen LogP contribution >= 0.6 is 0 Å². The lowest BCUT2D eigenvalue weighted by atomic mass is 10.2. The van der Waals surface area contributed by atoms with Gasteiger partial charge in [0.05, 0.1) is 33.4 Å². The van der Waals surface area contributed by atoms with Crippen molar-refractivity contribution in [3.8, 4) is 0 Å². The molecule has 0 saturated carbocycles. The van der Waals surface area contributed by atoms with Gasteiger partial charge in [-0.1, -0.05) is 12.1 Å². The summed E-state index contributed by atoms with van der Waals surface area (Å²) < 4.78 is 12.1. The van der Waals surface area contributed by atoms with E-state index >= 15 is 0 Å². The lowest BCUT2D eigenvalue weighted by Gasteiger charge is -2.14. The number of hydrogen-bond acceptors (Lipinski definition) is 7. The van der Waals surface area contributed by atoms with Gasteiger partial charge >= 0.3 is 0 Å². The molecule has 0 atom stereocenters.